The lowest BCUT2D eigenvalue weighted by molar-refractivity contribution is -0.122. The van der Waals surface area contributed by atoms with Crippen LogP contribution in [0.3, 0.4) is 0 Å². The Morgan fingerprint density at radius 2 is 1.56 bits per heavy atom. The fraction of sp³-hybridized carbons (Fsp3) is 0.929. The number of nitrogens with one attached hydrogen (secondary N) is 1. The van der Waals surface area contributed by atoms with E-state index in [1.165, 1.54) is 57.8 Å². The van der Waals surface area contributed by atoms with E-state index in [1.54, 1.807) is 0 Å². The molecule has 92 valence electrons. The minimum atomic E-state index is 0.303. The second kappa shape index (κ2) is 6.27. The summed E-state index contributed by atoms with van der Waals surface area (Å²) in [4.78, 5) is 11.7. The fourth-order valence-electron chi connectivity index (χ4n) is 3.18. The lowest BCUT2D eigenvalue weighted by Crippen LogP contribution is -2.32. The highest BCUT2D eigenvalue weighted by molar-refractivity contribution is 5.76. The van der Waals surface area contributed by atoms with Crippen molar-refractivity contribution in [2.75, 3.05) is 0 Å². The van der Waals surface area contributed by atoms with Gasteiger partial charge in [-0.1, -0.05) is 44.9 Å². The van der Waals surface area contributed by atoms with E-state index in [4.69, 9.17) is 0 Å². The summed E-state index contributed by atoms with van der Waals surface area (Å²) >= 11 is 0. The highest BCUT2D eigenvalue weighted by atomic mass is 16.1. The molecule has 0 aromatic heterocycles. The molecule has 0 spiro atoms. The molecule has 2 aliphatic rings. The third-order valence-corrected chi connectivity index (χ3v) is 4.22. The van der Waals surface area contributed by atoms with Gasteiger partial charge in [-0.25, -0.2) is 0 Å². The van der Waals surface area contributed by atoms with Crippen molar-refractivity contribution < 1.29 is 4.79 Å². The van der Waals surface area contributed by atoms with Crippen molar-refractivity contribution in [1.82, 2.24) is 5.32 Å². The van der Waals surface area contributed by atoms with Crippen LogP contribution in [-0.4, -0.2) is 11.9 Å². The summed E-state index contributed by atoms with van der Waals surface area (Å²) in [5, 5.41) is 3.18. The molecule has 0 radical (unpaired) electrons. The minimum Gasteiger partial charge on any atom is -0.353 e. The summed E-state index contributed by atoms with van der Waals surface area (Å²) < 4.78 is 0. The van der Waals surface area contributed by atoms with Gasteiger partial charge in [-0.05, 0) is 25.2 Å². The molecule has 0 bridgehead atoms. The Morgan fingerprint density at radius 1 is 0.938 bits per heavy atom. The summed E-state index contributed by atoms with van der Waals surface area (Å²) in [5.41, 5.74) is 0. The van der Waals surface area contributed by atoms with Gasteiger partial charge in [-0.15, -0.1) is 0 Å². The largest absolute Gasteiger partial charge is 0.353 e. The summed E-state index contributed by atoms with van der Waals surface area (Å²) in [5.74, 6) is 1.14. The highest BCUT2D eigenvalue weighted by Crippen LogP contribution is 2.27. The summed E-state index contributed by atoms with van der Waals surface area (Å²) in [6.07, 6.45) is 13.8. The Labute approximate surface area is 99.2 Å². The zero-order valence-electron chi connectivity index (χ0n) is 10.3. The van der Waals surface area contributed by atoms with E-state index in [0.717, 1.165) is 18.8 Å². The van der Waals surface area contributed by atoms with E-state index in [0.29, 0.717) is 11.9 Å². The molecule has 0 unspecified atom stereocenters. The van der Waals surface area contributed by atoms with Gasteiger partial charge in [0.15, 0.2) is 0 Å². The van der Waals surface area contributed by atoms with E-state index in [-0.39, 0.29) is 0 Å². The first-order valence-corrected chi connectivity index (χ1v) is 7.14. The van der Waals surface area contributed by atoms with Crippen LogP contribution in [0.4, 0.5) is 0 Å². The Hall–Kier alpha value is -0.530. The zero-order chi connectivity index (χ0) is 11.2. The van der Waals surface area contributed by atoms with Crippen molar-refractivity contribution >= 4 is 5.91 Å². The molecule has 1 amide bonds. The molecule has 2 nitrogen and oxygen atoms in total. The molecule has 2 rings (SSSR count). The first-order valence-electron chi connectivity index (χ1n) is 7.14. The SMILES string of the molecule is O=C(CCC1CCCCC1)NC1CCCC1. The predicted octanol–water partition coefficient (Wildman–Crippen LogP) is 3.41. The van der Waals surface area contributed by atoms with Crippen molar-refractivity contribution in [2.24, 2.45) is 5.92 Å². The predicted molar refractivity (Wildman–Crippen MR) is 66.2 cm³/mol. The number of hydrogen-bond donors (Lipinski definition) is 1. The second-order valence-electron chi connectivity index (χ2n) is 5.59. The van der Waals surface area contributed by atoms with E-state index < -0.39 is 0 Å². The number of rotatable bonds is 4. The molecular weight excluding hydrogens is 198 g/mol. The average Bonchev–Trinajstić information content (AvgIpc) is 2.81. The standard InChI is InChI=1S/C14H25NO/c16-14(15-13-8-4-5-9-13)11-10-12-6-2-1-3-7-12/h12-13H,1-11H2,(H,15,16). The maximum Gasteiger partial charge on any atom is 0.220 e. The molecule has 0 saturated heterocycles. The van der Waals surface area contributed by atoms with E-state index in [1.807, 2.05) is 0 Å². The molecule has 2 heteroatoms. The van der Waals surface area contributed by atoms with Gasteiger partial charge < -0.3 is 5.32 Å². The van der Waals surface area contributed by atoms with Crippen LogP contribution in [0.1, 0.15) is 70.6 Å². The third kappa shape index (κ3) is 3.80. The number of carbonyl (C=O) groups excluding carboxylic acids is 1. The lowest BCUT2D eigenvalue weighted by Gasteiger charge is -2.21. The topological polar surface area (TPSA) is 29.1 Å². The Kier molecular flexibility index (Phi) is 4.68. The van der Waals surface area contributed by atoms with Crippen molar-refractivity contribution in [1.29, 1.82) is 0 Å². The molecular formula is C14H25NO. The molecule has 16 heavy (non-hydrogen) atoms. The molecule has 2 fully saturated rings. The summed E-state index contributed by atoms with van der Waals surface area (Å²) in [6, 6.07) is 0.499. The summed E-state index contributed by atoms with van der Waals surface area (Å²) in [7, 11) is 0. The number of hydrogen-bond acceptors (Lipinski definition) is 1. The molecule has 0 aromatic carbocycles. The van der Waals surface area contributed by atoms with Crippen LogP contribution in [-0.2, 0) is 4.79 Å². The van der Waals surface area contributed by atoms with Crippen LogP contribution >= 0.6 is 0 Å². The average molecular weight is 223 g/mol. The monoisotopic (exact) mass is 223 g/mol. The normalized spacial score (nSPS) is 23.5. The van der Waals surface area contributed by atoms with Crippen molar-refractivity contribution in [3.8, 4) is 0 Å². The number of carbonyl (C=O) groups is 1. The molecule has 0 heterocycles. The molecule has 2 saturated carbocycles. The van der Waals surface area contributed by atoms with Gasteiger partial charge in [0.05, 0.1) is 0 Å². The zero-order valence-corrected chi connectivity index (χ0v) is 10.3. The first kappa shape index (κ1) is 11.9. The van der Waals surface area contributed by atoms with Gasteiger partial charge in [-0.3, -0.25) is 4.79 Å². The fourth-order valence-corrected chi connectivity index (χ4v) is 3.18. The smallest absolute Gasteiger partial charge is 0.220 e. The van der Waals surface area contributed by atoms with Gasteiger partial charge in [0.2, 0.25) is 5.91 Å². The summed E-state index contributed by atoms with van der Waals surface area (Å²) in [6.45, 7) is 0. The maximum absolute atomic E-state index is 11.7. The Balaban J connectivity index is 1.59. The Bertz CT molecular complexity index is 215. The minimum absolute atomic E-state index is 0.303. The van der Waals surface area contributed by atoms with Crippen LogP contribution < -0.4 is 5.32 Å². The first-order chi connectivity index (χ1) is 7.84. The van der Waals surface area contributed by atoms with Crippen LogP contribution in [0.5, 0.6) is 0 Å². The molecule has 1 N–H and O–H groups in total. The van der Waals surface area contributed by atoms with Crippen LogP contribution in [0.15, 0.2) is 0 Å². The number of amides is 1. The molecule has 0 aromatic rings. The van der Waals surface area contributed by atoms with Crippen molar-refractivity contribution in [3.63, 3.8) is 0 Å². The van der Waals surface area contributed by atoms with Crippen LogP contribution in [0.25, 0.3) is 0 Å². The van der Waals surface area contributed by atoms with Crippen molar-refractivity contribution in [2.45, 2.75) is 76.7 Å². The molecule has 0 atom stereocenters. The maximum atomic E-state index is 11.7. The van der Waals surface area contributed by atoms with Gasteiger partial charge in [0.1, 0.15) is 0 Å². The molecule has 2 aliphatic carbocycles. The second-order valence-corrected chi connectivity index (χ2v) is 5.59. The van der Waals surface area contributed by atoms with Gasteiger partial charge >= 0.3 is 0 Å². The van der Waals surface area contributed by atoms with Gasteiger partial charge in [-0.2, -0.15) is 0 Å². The van der Waals surface area contributed by atoms with E-state index in [9.17, 15) is 4.79 Å². The molecule has 0 aliphatic heterocycles. The van der Waals surface area contributed by atoms with Gasteiger partial charge in [0.25, 0.3) is 0 Å². The highest BCUT2D eigenvalue weighted by Gasteiger charge is 2.18. The Morgan fingerprint density at radius 3 is 2.25 bits per heavy atom. The third-order valence-electron chi connectivity index (χ3n) is 4.22. The van der Waals surface area contributed by atoms with Crippen LogP contribution in [0, 0.1) is 5.92 Å². The van der Waals surface area contributed by atoms with E-state index >= 15 is 0 Å². The van der Waals surface area contributed by atoms with Crippen molar-refractivity contribution in [3.05, 3.63) is 0 Å². The van der Waals surface area contributed by atoms with Gasteiger partial charge in [0, 0.05) is 12.5 Å². The van der Waals surface area contributed by atoms with Crippen LogP contribution in [0.2, 0.25) is 0 Å². The lowest BCUT2D eigenvalue weighted by atomic mass is 9.86. The van der Waals surface area contributed by atoms with E-state index in [2.05, 4.69) is 5.32 Å². The quantitative estimate of drug-likeness (QED) is 0.777.